The highest BCUT2D eigenvalue weighted by Crippen LogP contribution is 2.10. The lowest BCUT2D eigenvalue weighted by Crippen LogP contribution is -2.37. The van der Waals surface area contributed by atoms with Gasteiger partial charge in [-0.2, -0.15) is 0 Å². The van der Waals surface area contributed by atoms with Crippen LogP contribution in [0.15, 0.2) is 48.5 Å². The molecule has 0 spiro atoms. The maximum absolute atomic E-state index is 13.3. The summed E-state index contributed by atoms with van der Waals surface area (Å²) in [5.74, 6) is 0.337. The summed E-state index contributed by atoms with van der Waals surface area (Å²) in [5, 5.41) is 5.11. The third kappa shape index (κ3) is 4.80. The quantitative estimate of drug-likeness (QED) is 0.831. The van der Waals surface area contributed by atoms with Gasteiger partial charge in [-0.25, -0.2) is 9.18 Å². The van der Waals surface area contributed by atoms with Crippen LogP contribution >= 0.6 is 0 Å². The Morgan fingerprint density at radius 3 is 2.52 bits per heavy atom. The number of urea groups is 1. The Morgan fingerprint density at radius 2 is 1.81 bits per heavy atom. The maximum atomic E-state index is 13.3. The molecule has 0 radical (unpaired) electrons. The lowest BCUT2D eigenvalue weighted by molar-refractivity contribution is 0.223. The summed E-state index contributed by atoms with van der Waals surface area (Å²) in [4.78, 5) is 11.5. The van der Waals surface area contributed by atoms with E-state index in [-0.39, 0.29) is 19.1 Å². The molecule has 2 amide bonds. The van der Waals surface area contributed by atoms with E-state index in [4.69, 9.17) is 4.74 Å². The molecule has 0 aliphatic carbocycles. The van der Waals surface area contributed by atoms with Crippen LogP contribution in [0.3, 0.4) is 0 Å². The first-order valence-electron chi connectivity index (χ1n) is 6.60. The number of benzene rings is 2. The third-order valence-electron chi connectivity index (χ3n) is 2.89. The number of aryl methyl sites for hydroxylation is 1. The standard InChI is InChI=1S/C16H17FN2O2/c1-12-6-8-14(9-7-12)21-11-19-16(20)18-10-13-4-2-3-5-15(13)17/h2-9H,10-11H2,1H3,(H2,18,19,20). The minimum absolute atomic E-state index is 0.0478. The number of nitrogens with one attached hydrogen (secondary N) is 2. The molecule has 4 nitrogen and oxygen atoms in total. The first-order chi connectivity index (χ1) is 10.1. The van der Waals surface area contributed by atoms with E-state index < -0.39 is 6.03 Å². The van der Waals surface area contributed by atoms with E-state index in [1.54, 1.807) is 18.2 Å². The number of amides is 2. The molecule has 110 valence electrons. The van der Waals surface area contributed by atoms with Gasteiger partial charge in [0.15, 0.2) is 6.73 Å². The van der Waals surface area contributed by atoms with Crippen LogP contribution in [0.25, 0.3) is 0 Å². The zero-order valence-corrected chi connectivity index (χ0v) is 11.7. The summed E-state index contributed by atoms with van der Waals surface area (Å²) >= 11 is 0. The molecule has 2 N–H and O–H groups in total. The van der Waals surface area contributed by atoms with Gasteiger partial charge in [-0.05, 0) is 25.1 Å². The lowest BCUT2D eigenvalue weighted by Gasteiger charge is -2.10. The summed E-state index contributed by atoms with van der Waals surface area (Å²) in [6, 6.07) is 13.4. The smallest absolute Gasteiger partial charge is 0.317 e. The molecule has 0 aliphatic heterocycles. The summed E-state index contributed by atoms with van der Waals surface area (Å²) < 4.78 is 18.7. The van der Waals surface area contributed by atoms with Gasteiger partial charge in [0.05, 0.1) is 0 Å². The number of carbonyl (C=O) groups is 1. The van der Waals surface area contributed by atoms with E-state index in [2.05, 4.69) is 10.6 Å². The molecule has 0 aromatic heterocycles. The summed E-state index contributed by atoms with van der Waals surface area (Å²) in [6.45, 7) is 2.16. The molecule has 0 fully saturated rings. The molecular weight excluding hydrogens is 271 g/mol. The predicted octanol–water partition coefficient (Wildman–Crippen LogP) is 2.97. The summed E-state index contributed by atoms with van der Waals surface area (Å²) in [7, 11) is 0. The second-order valence-corrected chi connectivity index (χ2v) is 4.55. The van der Waals surface area contributed by atoms with E-state index in [1.807, 2.05) is 31.2 Å². The first kappa shape index (κ1) is 14.8. The Kier molecular flexibility index (Phi) is 5.15. The van der Waals surface area contributed by atoms with Crippen molar-refractivity contribution in [2.24, 2.45) is 0 Å². The fourth-order valence-electron chi connectivity index (χ4n) is 1.70. The molecule has 0 saturated carbocycles. The number of hydrogen-bond acceptors (Lipinski definition) is 2. The topological polar surface area (TPSA) is 50.4 Å². The van der Waals surface area contributed by atoms with E-state index in [1.165, 1.54) is 6.07 Å². The van der Waals surface area contributed by atoms with Crippen LogP contribution < -0.4 is 15.4 Å². The van der Waals surface area contributed by atoms with Crippen LogP contribution in [-0.4, -0.2) is 12.8 Å². The zero-order valence-electron chi connectivity index (χ0n) is 11.7. The molecule has 21 heavy (non-hydrogen) atoms. The molecule has 5 heteroatoms. The fraction of sp³-hybridized carbons (Fsp3) is 0.188. The van der Waals surface area contributed by atoms with Crippen molar-refractivity contribution in [3.05, 3.63) is 65.5 Å². The summed E-state index contributed by atoms with van der Waals surface area (Å²) in [6.07, 6.45) is 0. The van der Waals surface area contributed by atoms with Gasteiger partial charge in [0, 0.05) is 12.1 Å². The van der Waals surface area contributed by atoms with Gasteiger partial charge in [-0.1, -0.05) is 35.9 Å². The number of hydrogen-bond donors (Lipinski definition) is 2. The third-order valence-corrected chi connectivity index (χ3v) is 2.89. The maximum Gasteiger partial charge on any atom is 0.317 e. The number of halogens is 1. The molecule has 0 aliphatic rings. The van der Waals surface area contributed by atoms with Crippen LogP contribution in [0, 0.1) is 12.7 Å². The Hall–Kier alpha value is -2.56. The average Bonchev–Trinajstić information content (AvgIpc) is 2.48. The van der Waals surface area contributed by atoms with E-state index in [0.29, 0.717) is 11.3 Å². The van der Waals surface area contributed by atoms with Crippen molar-refractivity contribution in [1.82, 2.24) is 10.6 Å². The van der Waals surface area contributed by atoms with Crippen molar-refractivity contribution in [2.75, 3.05) is 6.73 Å². The van der Waals surface area contributed by atoms with E-state index >= 15 is 0 Å². The van der Waals surface area contributed by atoms with Crippen molar-refractivity contribution >= 4 is 6.03 Å². The fourth-order valence-corrected chi connectivity index (χ4v) is 1.70. The lowest BCUT2D eigenvalue weighted by atomic mass is 10.2. The zero-order chi connectivity index (χ0) is 15.1. The van der Waals surface area contributed by atoms with Gasteiger partial charge in [0.2, 0.25) is 0 Å². The van der Waals surface area contributed by atoms with Crippen LogP contribution in [0.5, 0.6) is 5.75 Å². The van der Waals surface area contributed by atoms with Crippen molar-refractivity contribution in [2.45, 2.75) is 13.5 Å². The molecule has 0 atom stereocenters. The highest BCUT2D eigenvalue weighted by Gasteiger charge is 2.03. The van der Waals surface area contributed by atoms with Crippen molar-refractivity contribution < 1.29 is 13.9 Å². The van der Waals surface area contributed by atoms with Gasteiger partial charge >= 0.3 is 6.03 Å². The van der Waals surface area contributed by atoms with Crippen LogP contribution in [-0.2, 0) is 6.54 Å². The van der Waals surface area contributed by atoms with Crippen LogP contribution in [0.4, 0.5) is 9.18 Å². The van der Waals surface area contributed by atoms with Gasteiger partial charge < -0.3 is 15.4 Å². The molecule has 2 rings (SSSR count). The van der Waals surface area contributed by atoms with Gasteiger partial charge in [-0.15, -0.1) is 0 Å². The van der Waals surface area contributed by atoms with E-state index in [0.717, 1.165) is 5.56 Å². The van der Waals surface area contributed by atoms with Gasteiger partial charge in [-0.3, -0.25) is 0 Å². The Balaban J connectivity index is 1.70. The Morgan fingerprint density at radius 1 is 1.10 bits per heavy atom. The molecule has 2 aromatic rings. The molecule has 2 aromatic carbocycles. The Bertz CT molecular complexity index is 599. The Labute approximate surface area is 122 Å². The van der Waals surface area contributed by atoms with Crippen LogP contribution in [0.1, 0.15) is 11.1 Å². The minimum atomic E-state index is -0.412. The second-order valence-electron chi connectivity index (χ2n) is 4.55. The van der Waals surface area contributed by atoms with Crippen molar-refractivity contribution in [3.8, 4) is 5.75 Å². The molecular formula is C16H17FN2O2. The SMILES string of the molecule is Cc1ccc(OCNC(=O)NCc2ccccc2F)cc1. The molecule has 0 saturated heterocycles. The highest BCUT2D eigenvalue weighted by molar-refractivity contribution is 5.73. The monoisotopic (exact) mass is 288 g/mol. The highest BCUT2D eigenvalue weighted by atomic mass is 19.1. The largest absolute Gasteiger partial charge is 0.473 e. The van der Waals surface area contributed by atoms with Crippen molar-refractivity contribution in [1.29, 1.82) is 0 Å². The predicted molar refractivity (Wildman–Crippen MR) is 78.4 cm³/mol. The number of rotatable bonds is 5. The minimum Gasteiger partial charge on any atom is -0.473 e. The summed E-state index contributed by atoms with van der Waals surface area (Å²) in [5.41, 5.74) is 1.57. The number of carbonyl (C=O) groups excluding carboxylic acids is 1. The second kappa shape index (κ2) is 7.28. The number of ether oxygens (including phenoxy) is 1. The molecule has 0 bridgehead atoms. The van der Waals surface area contributed by atoms with Crippen molar-refractivity contribution in [3.63, 3.8) is 0 Å². The van der Waals surface area contributed by atoms with Gasteiger partial charge in [0.1, 0.15) is 11.6 Å². The van der Waals surface area contributed by atoms with Crippen LogP contribution in [0.2, 0.25) is 0 Å². The average molecular weight is 288 g/mol. The normalized spacial score (nSPS) is 10.0. The molecule has 0 heterocycles. The van der Waals surface area contributed by atoms with Gasteiger partial charge in [0.25, 0.3) is 0 Å². The molecule has 0 unspecified atom stereocenters. The first-order valence-corrected chi connectivity index (χ1v) is 6.60. The van der Waals surface area contributed by atoms with E-state index in [9.17, 15) is 9.18 Å².